The maximum absolute atomic E-state index is 12.2. The van der Waals surface area contributed by atoms with Crippen LogP contribution < -0.4 is 10.5 Å². The molecule has 1 aromatic carbocycles. The monoisotopic (exact) mass is 336 g/mol. The van der Waals surface area contributed by atoms with Gasteiger partial charge in [-0.3, -0.25) is 0 Å². The first-order valence-electron chi connectivity index (χ1n) is 5.46. The van der Waals surface area contributed by atoms with E-state index < -0.39 is 10.0 Å². The Morgan fingerprint density at radius 1 is 1.50 bits per heavy atom. The number of sulfonamides is 1. The first-order valence-corrected chi connectivity index (χ1v) is 7.74. The number of rotatable bonds is 5. The van der Waals surface area contributed by atoms with Gasteiger partial charge in [0.2, 0.25) is 10.0 Å². The third-order valence-electron chi connectivity index (χ3n) is 2.57. The van der Waals surface area contributed by atoms with E-state index in [0.29, 0.717) is 22.1 Å². The SMILES string of the molecule is Cc1c(N)cc(Br)cc1S(=O)(=O)NC(C)CCO. The molecule has 18 heavy (non-hydrogen) atoms. The Balaban J connectivity index is 3.13. The van der Waals surface area contributed by atoms with Crippen molar-refractivity contribution in [1.82, 2.24) is 4.72 Å². The van der Waals surface area contributed by atoms with Crippen LogP contribution in [0, 0.1) is 6.92 Å². The molecule has 1 atom stereocenters. The zero-order chi connectivity index (χ0) is 13.9. The second-order valence-corrected chi connectivity index (χ2v) is 6.75. The Hall–Kier alpha value is -0.630. The smallest absolute Gasteiger partial charge is 0.241 e. The number of nitrogens with two attached hydrogens (primary N) is 1. The molecule has 102 valence electrons. The fourth-order valence-electron chi connectivity index (χ4n) is 1.53. The number of halogens is 1. The van der Waals surface area contributed by atoms with Crippen molar-refractivity contribution in [2.24, 2.45) is 0 Å². The summed E-state index contributed by atoms with van der Waals surface area (Å²) in [5.74, 6) is 0. The Morgan fingerprint density at radius 2 is 2.11 bits per heavy atom. The van der Waals surface area contributed by atoms with Crippen molar-refractivity contribution in [3.63, 3.8) is 0 Å². The van der Waals surface area contributed by atoms with E-state index >= 15 is 0 Å². The van der Waals surface area contributed by atoms with Gasteiger partial charge in [0.15, 0.2) is 0 Å². The molecule has 0 bridgehead atoms. The van der Waals surface area contributed by atoms with Crippen LogP contribution in [0.1, 0.15) is 18.9 Å². The van der Waals surface area contributed by atoms with Crippen LogP contribution in [0.3, 0.4) is 0 Å². The first kappa shape index (κ1) is 15.4. The molecule has 0 aromatic heterocycles. The standard InChI is InChI=1S/C11H17BrN2O3S/c1-7(3-4-15)14-18(16,17)11-6-9(12)5-10(13)8(11)2/h5-7,14-15H,3-4,13H2,1-2H3. The number of anilines is 1. The number of benzene rings is 1. The normalized spacial score (nSPS) is 13.6. The lowest BCUT2D eigenvalue weighted by atomic mass is 10.2. The van der Waals surface area contributed by atoms with Gasteiger partial charge in [-0.1, -0.05) is 15.9 Å². The minimum absolute atomic E-state index is 0.0662. The number of hydrogen-bond acceptors (Lipinski definition) is 4. The molecule has 0 aliphatic rings. The highest BCUT2D eigenvalue weighted by molar-refractivity contribution is 9.10. The van der Waals surface area contributed by atoms with E-state index in [4.69, 9.17) is 10.8 Å². The molecule has 0 radical (unpaired) electrons. The van der Waals surface area contributed by atoms with Gasteiger partial charge in [0.25, 0.3) is 0 Å². The van der Waals surface area contributed by atoms with Gasteiger partial charge in [-0.15, -0.1) is 0 Å². The molecule has 0 fully saturated rings. The van der Waals surface area contributed by atoms with Gasteiger partial charge in [-0.05, 0) is 38.0 Å². The Kier molecular flexibility index (Phi) is 5.15. The number of aliphatic hydroxyl groups excluding tert-OH is 1. The maximum atomic E-state index is 12.2. The van der Waals surface area contributed by atoms with Crippen LogP contribution in [0.5, 0.6) is 0 Å². The lowest BCUT2D eigenvalue weighted by Gasteiger charge is -2.15. The fourth-order valence-corrected chi connectivity index (χ4v) is 3.74. The molecule has 0 heterocycles. The lowest BCUT2D eigenvalue weighted by molar-refractivity contribution is 0.275. The lowest BCUT2D eigenvalue weighted by Crippen LogP contribution is -2.33. The van der Waals surface area contributed by atoms with Gasteiger partial charge < -0.3 is 10.8 Å². The summed E-state index contributed by atoms with van der Waals surface area (Å²) in [6.07, 6.45) is 0.363. The molecule has 0 saturated heterocycles. The fraction of sp³-hybridized carbons (Fsp3) is 0.455. The molecule has 0 spiro atoms. The molecule has 7 heteroatoms. The van der Waals surface area contributed by atoms with Crippen LogP contribution in [-0.4, -0.2) is 26.2 Å². The minimum Gasteiger partial charge on any atom is -0.398 e. The molecule has 1 aromatic rings. The van der Waals surface area contributed by atoms with Crippen LogP contribution in [-0.2, 0) is 10.0 Å². The molecule has 1 unspecified atom stereocenters. The molecule has 0 amide bonds. The second kappa shape index (κ2) is 6.01. The minimum atomic E-state index is -3.63. The number of aliphatic hydroxyl groups is 1. The predicted molar refractivity (Wildman–Crippen MR) is 74.8 cm³/mol. The first-order chi connectivity index (χ1) is 8.27. The van der Waals surface area contributed by atoms with E-state index in [1.54, 1.807) is 19.9 Å². The highest BCUT2D eigenvalue weighted by Gasteiger charge is 2.21. The van der Waals surface area contributed by atoms with Gasteiger partial charge in [0, 0.05) is 22.8 Å². The summed E-state index contributed by atoms with van der Waals surface area (Å²) in [7, 11) is -3.63. The largest absolute Gasteiger partial charge is 0.398 e. The van der Waals surface area contributed by atoms with Crippen molar-refractivity contribution in [3.05, 3.63) is 22.2 Å². The van der Waals surface area contributed by atoms with Crippen LogP contribution in [0.25, 0.3) is 0 Å². The highest BCUT2D eigenvalue weighted by atomic mass is 79.9. The van der Waals surface area contributed by atoms with Crippen molar-refractivity contribution in [3.8, 4) is 0 Å². The Bertz CT molecular complexity index is 531. The zero-order valence-corrected chi connectivity index (χ0v) is 12.7. The van der Waals surface area contributed by atoms with Crippen LogP contribution in [0.15, 0.2) is 21.5 Å². The van der Waals surface area contributed by atoms with E-state index in [1.165, 1.54) is 6.07 Å². The molecular weight excluding hydrogens is 320 g/mol. The topological polar surface area (TPSA) is 92.4 Å². The summed E-state index contributed by atoms with van der Waals surface area (Å²) in [6.45, 7) is 3.29. The number of nitrogen functional groups attached to an aromatic ring is 1. The molecule has 1 rings (SSSR count). The van der Waals surface area contributed by atoms with Crippen molar-refractivity contribution < 1.29 is 13.5 Å². The Morgan fingerprint density at radius 3 is 2.67 bits per heavy atom. The molecular formula is C11H17BrN2O3S. The molecule has 5 nitrogen and oxygen atoms in total. The third-order valence-corrected chi connectivity index (χ3v) is 4.75. The summed E-state index contributed by atoms with van der Waals surface area (Å²) in [5, 5.41) is 8.78. The molecule has 4 N–H and O–H groups in total. The van der Waals surface area contributed by atoms with Gasteiger partial charge in [-0.25, -0.2) is 13.1 Å². The average Bonchev–Trinajstić information content (AvgIpc) is 2.22. The predicted octanol–water partition coefficient (Wildman–Crippen LogP) is 1.39. The summed E-state index contributed by atoms with van der Waals surface area (Å²) >= 11 is 3.22. The second-order valence-electron chi connectivity index (χ2n) is 4.15. The quantitative estimate of drug-likeness (QED) is 0.708. The van der Waals surface area contributed by atoms with Crippen LogP contribution in [0.2, 0.25) is 0 Å². The summed E-state index contributed by atoms with van der Waals surface area (Å²) in [6, 6.07) is 2.84. The van der Waals surface area contributed by atoms with Crippen molar-refractivity contribution in [2.75, 3.05) is 12.3 Å². The van der Waals surface area contributed by atoms with Crippen LogP contribution >= 0.6 is 15.9 Å². The van der Waals surface area contributed by atoms with Gasteiger partial charge >= 0.3 is 0 Å². The van der Waals surface area contributed by atoms with Gasteiger partial charge in [0.1, 0.15) is 0 Å². The van der Waals surface area contributed by atoms with Crippen molar-refractivity contribution in [1.29, 1.82) is 0 Å². The highest BCUT2D eigenvalue weighted by Crippen LogP contribution is 2.26. The van der Waals surface area contributed by atoms with Crippen molar-refractivity contribution in [2.45, 2.75) is 31.2 Å². The third kappa shape index (κ3) is 3.68. The average molecular weight is 337 g/mol. The van der Waals surface area contributed by atoms with Crippen LogP contribution in [0.4, 0.5) is 5.69 Å². The molecule has 0 aliphatic carbocycles. The maximum Gasteiger partial charge on any atom is 0.241 e. The number of hydrogen-bond donors (Lipinski definition) is 3. The summed E-state index contributed by atoms with van der Waals surface area (Å²) in [5.41, 5.74) is 6.68. The molecule has 0 aliphatic heterocycles. The summed E-state index contributed by atoms with van der Waals surface area (Å²) < 4.78 is 27.5. The Labute approximate surface area is 116 Å². The van der Waals surface area contributed by atoms with E-state index in [0.717, 1.165) is 0 Å². The number of nitrogens with one attached hydrogen (secondary N) is 1. The molecule has 0 saturated carbocycles. The van der Waals surface area contributed by atoms with E-state index in [1.807, 2.05) is 0 Å². The van der Waals surface area contributed by atoms with E-state index in [9.17, 15) is 8.42 Å². The van der Waals surface area contributed by atoms with Gasteiger partial charge in [-0.2, -0.15) is 0 Å². The van der Waals surface area contributed by atoms with E-state index in [2.05, 4.69) is 20.7 Å². The van der Waals surface area contributed by atoms with Gasteiger partial charge in [0.05, 0.1) is 4.90 Å². The summed E-state index contributed by atoms with van der Waals surface area (Å²) in [4.78, 5) is 0.152. The zero-order valence-electron chi connectivity index (χ0n) is 10.3. The van der Waals surface area contributed by atoms with Crippen molar-refractivity contribution >= 4 is 31.6 Å². The van der Waals surface area contributed by atoms with E-state index in [-0.39, 0.29) is 17.5 Å².